The van der Waals surface area contributed by atoms with E-state index in [0.717, 1.165) is 19.6 Å². The Kier molecular flexibility index (Phi) is 4.83. The van der Waals surface area contributed by atoms with Gasteiger partial charge in [-0.1, -0.05) is 19.1 Å². The maximum absolute atomic E-state index is 5.65. The highest BCUT2D eigenvalue weighted by Gasteiger charge is 2.27. The highest BCUT2D eigenvalue weighted by Crippen LogP contribution is 2.25. The number of ether oxygens (including phenoxy) is 1. The molecule has 3 heteroatoms. The van der Waals surface area contributed by atoms with Crippen LogP contribution in [0.15, 0.2) is 24.3 Å². The molecule has 1 saturated heterocycles. The first-order valence-electron chi connectivity index (χ1n) is 7.31. The Hall–Kier alpha value is -1.06. The summed E-state index contributed by atoms with van der Waals surface area (Å²) in [4.78, 5) is 2.35. The summed E-state index contributed by atoms with van der Waals surface area (Å²) in [6.45, 7) is 8.39. The van der Waals surface area contributed by atoms with Crippen LogP contribution in [-0.4, -0.2) is 32.3 Å². The number of hydrogen-bond acceptors (Lipinski definition) is 3. The van der Waals surface area contributed by atoms with Crippen LogP contribution in [0.1, 0.15) is 38.8 Å². The Bertz CT molecular complexity index is 390. The van der Waals surface area contributed by atoms with E-state index in [1.165, 1.54) is 11.3 Å². The van der Waals surface area contributed by atoms with E-state index in [0.29, 0.717) is 18.2 Å². The smallest absolute Gasteiger partial charge is 0.0750 e. The second-order valence-corrected chi connectivity index (χ2v) is 5.41. The number of likely N-dealkylation sites (N-methyl/N-ethyl adjacent to an activating group) is 1. The van der Waals surface area contributed by atoms with E-state index < -0.39 is 0 Å². The van der Waals surface area contributed by atoms with Crippen LogP contribution in [0.25, 0.3) is 0 Å². The SMILES string of the molecule is CCNC(C)c1ccc(N(C)C2CCOC2C)cc1. The van der Waals surface area contributed by atoms with Gasteiger partial charge in [-0.05, 0) is 44.5 Å². The topological polar surface area (TPSA) is 24.5 Å². The van der Waals surface area contributed by atoms with Crippen LogP contribution >= 0.6 is 0 Å². The summed E-state index contributed by atoms with van der Waals surface area (Å²) in [7, 11) is 2.17. The first kappa shape index (κ1) is 14.4. The van der Waals surface area contributed by atoms with Gasteiger partial charge in [-0.25, -0.2) is 0 Å². The minimum atomic E-state index is 0.324. The lowest BCUT2D eigenvalue weighted by Crippen LogP contribution is -2.36. The third-order valence-electron chi connectivity index (χ3n) is 4.14. The lowest BCUT2D eigenvalue weighted by molar-refractivity contribution is 0.118. The largest absolute Gasteiger partial charge is 0.376 e. The molecule has 1 N–H and O–H groups in total. The van der Waals surface area contributed by atoms with Crippen molar-refractivity contribution in [3.63, 3.8) is 0 Å². The fraction of sp³-hybridized carbons (Fsp3) is 0.625. The molecule has 1 aromatic rings. The van der Waals surface area contributed by atoms with Crippen LogP contribution in [0.5, 0.6) is 0 Å². The second-order valence-electron chi connectivity index (χ2n) is 5.41. The molecule has 0 spiro atoms. The van der Waals surface area contributed by atoms with Crippen molar-refractivity contribution in [2.75, 3.05) is 25.1 Å². The van der Waals surface area contributed by atoms with Crippen molar-refractivity contribution < 1.29 is 4.74 Å². The van der Waals surface area contributed by atoms with Crippen molar-refractivity contribution in [1.29, 1.82) is 0 Å². The summed E-state index contributed by atoms with van der Waals surface area (Å²) >= 11 is 0. The van der Waals surface area contributed by atoms with E-state index in [2.05, 4.69) is 62.3 Å². The van der Waals surface area contributed by atoms with Gasteiger partial charge in [-0.2, -0.15) is 0 Å². The Morgan fingerprint density at radius 2 is 2.05 bits per heavy atom. The molecule has 3 unspecified atom stereocenters. The summed E-state index contributed by atoms with van der Waals surface area (Å²) in [5, 5.41) is 3.44. The maximum atomic E-state index is 5.65. The fourth-order valence-electron chi connectivity index (χ4n) is 2.84. The first-order valence-corrected chi connectivity index (χ1v) is 7.31. The van der Waals surface area contributed by atoms with Gasteiger partial charge in [0.05, 0.1) is 12.1 Å². The molecule has 1 aliphatic heterocycles. The number of nitrogens with one attached hydrogen (secondary N) is 1. The van der Waals surface area contributed by atoms with Gasteiger partial charge in [0, 0.05) is 25.4 Å². The highest BCUT2D eigenvalue weighted by atomic mass is 16.5. The van der Waals surface area contributed by atoms with Crippen molar-refractivity contribution in [3.8, 4) is 0 Å². The number of nitrogens with zero attached hydrogens (tertiary/aromatic N) is 1. The molecular weight excluding hydrogens is 236 g/mol. The summed E-state index contributed by atoms with van der Waals surface area (Å²) < 4.78 is 5.65. The second kappa shape index (κ2) is 6.40. The molecule has 19 heavy (non-hydrogen) atoms. The quantitative estimate of drug-likeness (QED) is 0.883. The number of benzene rings is 1. The minimum absolute atomic E-state index is 0.324. The molecule has 0 amide bonds. The van der Waals surface area contributed by atoms with Crippen LogP contribution in [0.2, 0.25) is 0 Å². The van der Waals surface area contributed by atoms with E-state index in [1.54, 1.807) is 0 Å². The molecular formula is C16H26N2O. The van der Waals surface area contributed by atoms with E-state index >= 15 is 0 Å². The lowest BCUT2D eigenvalue weighted by Gasteiger charge is -2.29. The highest BCUT2D eigenvalue weighted by molar-refractivity contribution is 5.48. The van der Waals surface area contributed by atoms with Crippen LogP contribution in [0, 0.1) is 0 Å². The number of rotatable bonds is 5. The van der Waals surface area contributed by atoms with Crippen molar-refractivity contribution in [2.45, 2.75) is 45.4 Å². The summed E-state index contributed by atoms with van der Waals surface area (Å²) in [5.74, 6) is 0. The number of anilines is 1. The predicted octanol–water partition coefficient (Wildman–Crippen LogP) is 2.97. The van der Waals surface area contributed by atoms with Crippen LogP contribution in [0.4, 0.5) is 5.69 Å². The van der Waals surface area contributed by atoms with Crippen LogP contribution in [0.3, 0.4) is 0 Å². The molecule has 1 aromatic carbocycles. The predicted molar refractivity (Wildman–Crippen MR) is 80.8 cm³/mol. The standard InChI is InChI=1S/C16H26N2O/c1-5-17-12(2)14-6-8-15(9-7-14)18(4)16-10-11-19-13(16)3/h6-9,12-13,16-17H,5,10-11H2,1-4H3. The summed E-state index contributed by atoms with van der Waals surface area (Å²) in [5.41, 5.74) is 2.62. The van der Waals surface area contributed by atoms with Gasteiger partial charge in [-0.3, -0.25) is 0 Å². The monoisotopic (exact) mass is 262 g/mol. The zero-order chi connectivity index (χ0) is 13.8. The Labute approximate surface area is 116 Å². The van der Waals surface area contributed by atoms with E-state index in [4.69, 9.17) is 4.74 Å². The molecule has 1 aliphatic rings. The van der Waals surface area contributed by atoms with Crippen molar-refractivity contribution in [2.24, 2.45) is 0 Å². The van der Waals surface area contributed by atoms with E-state index in [1.807, 2.05) is 0 Å². The van der Waals surface area contributed by atoms with Gasteiger partial charge < -0.3 is 15.0 Å². The zero-order valence-electron chi connectivity index (χ0n) is 12.5. The van der Waals surface area contributed by atoms with Gasteiger partial charge in [0.15, 0.2) is 0 Å². The molecule has 1 heterocycles. The fourth-order valence-corrected chi connectivity index (χ4v) is 2.84. The van der Waals surface area contributed by atoms with E-state index in [9.17, 15) is 0 Å². The molecule has 0 saturated carbocycles. The third kappa shape index (κ3) is 3.28. The summed E-state index contributed by atoms with van der Waals surface area (Å²) in [6.07, 6.45) is 1.44. The average molecular weight is 262 g/mol. The van der Waals surface area contributed by atoms with Crippen molar-refractivity contribution in [1.82, 2.24) is 5.32 Å². The summed E-state index contributed by atoms with van der Waals surface area (Å²) in [6, 6.07) is 9.79. The van der Waals surface area contributed by atoms with Gasteiger partial charge in [0.2, 0.25) is 0 Å². The maximum Gasteiger partial charge on any atom is 0.0750 e. The van der Waals surface area contributed by atoms with Crippen LogP contribution < -0.4 is 10.2 Å². The zero-order valence-corrected chi connectivity index (χ0v) is 12.5. The molecule has 1 fully saturated rings. The van der Waals surface area contributed by atoms with Crippen LogP contribution in [-0.2, 0) is 4.74 Å². The Balaban J connectivity index is 2.05. The molecule has 3 atom stereocenters. The molecule has 0 aromatic heterocycles. The Morgan fingerprint density at radius 3 is 2.58 bits per heavy atom. The van der Waals surface area contributed by atoms with Gasteiger partial charge >= 0.3 is 0 Å². The van der Waals surface area contributed by atoms with Gasteiger partial charge in [0.25, 0.3) is 0 Å². The lowest BCUT2D eigenvalue weighted by atomic mass is 10.1. The normalized spacial score (nSPS) is 24.4. The molecule has 0 aliphatic carbocycles. The average Bonchev–Trinajstić information content (AvgIpc) is 2.84. The van der Waals surface area contributed by atoms with E-state index in [-0.39, 0.29) is 0 Å². The molecule has 106 valence electrons. The van der Waals surface area contributed by atoms with Gasteiger partial charge in [-0.15, -0.1) is 0 Å². The van der Waals surface area contributed by atoms with Crippen molar-refractivity contribution in [3.05, 3.63) is 29.8 Å². The third-order valence-corrected chi connectivity index (χ3v) is 4.14. The molecule has 3 nitrogen and oxygen atoms in total. The molecule has 0 bridgehead atoms. The van der Waals surface area contributed by atoms with Gasteiger partial charge in [0.1, 0.15) is 0 Å². The number of hydrogen-bond donors (Lipinski definition) is 1. The molecule has 2 rings (SSSR count). The first-order chi connectivity index (χ1) is 9.13. The molecule has 0 radical (unpaired) electrons. The Morgan fingerprint density at radius 1 is 1.37 bits per heavy atom. The van der Waals surface area contributed by atoms with Crippen molar-refractivity contribution >= 4 is 5.69 Å². The minimum Gasteiger partial charge on any atom is -0.376 e.